The molecule has 3 nitrogen and oxygen atoms in total. The summed E-state index contributed by atoms with van der Waals surface area (Å²) in [7, 11) is 0. The van der Waals surface area contributed by atoms with Crippen LogP contribution in [0, 0.1) is 0 Å². The molecule has 0 fully saturated rings. The molecule has 0 saturated heterocycles. The molecular weight excluding hydrogens is 631 g/mol. The van der Waals surface area contributed by atoms with E-state index in [1.54, 1.807) is 24.4 Å². The Balaban J connectivity index is 1.15. The normalized spacial score (nSPS) is 13.7. The molecule has 0 saturated carbocycles. The van der Waals surface area contributed by atoms with Crippen molar-refractivity contribution in [3.05, 3.63) is 210 Å². The van der Waals surface area contributed by atoms with Crippen LogP contribution < -0.4 is 0 Å². The lowest BCUT2D eigenvalue weighted by molar-refractivity contribution is 0.899. The van der Waals surface area contributed by atoms with Crippen LogP contribution in [0.1, 0.15) is 41.6 Å². The Morgan fingerprint density at radius 1 is 0.365 bits per heavy atom. The average Bonchev–Trinajstić information content (AvgIpc) is 3.26. The molecule has 8 aromatic rings. The van der Waals surface area contributed by atoms with Gasteiger partial charge in [-0.1, -0.05) is 146 Å². The molecule has 0 unspecified atom stereocenters. The van der Waals surface area contributed by atoms with E-state index in [4.69, 9.17) is 4.98 Å². The third kappa shape index (κ3) is 7.90. The Hall–Kier alpha value is -6.19. The van der Waals surface area contributed by atoms with Crippen LogP contribution in [0.2, 0.25) is 0 Å². The first-order chi connectivity index (χ1) is 28.0. The van der Waals surface area contributed by atoms with Crippen molar-refractivity contribution in [1.29, 1.82) is 0 Å². The van der Waals surface area contributed by atoms with Gasteiger partial charge in [0.25, 0.3) is 0 Å². The summed E-state index contributed by atoms with van der Waals surface area (Å²) in [5, 5.41) is 1.28. The molecule has 3 heterocycles. The van der Waals surface area contributed by atoms with Crippen LogP contribution in [0.5, 0.6) is 0 Å². The molecule has 252 valence electrons. The van der Waals surface area contributed by atoms with Gasteiger partial charge in [-0.15, -0.1) is 0 Å². The fourth-order valence-electron chi connectivity index (χ4n) is 6.42. The zero-order valence-corrected chi connectivity index (χ0v) is 28.7. The zero-order valence-electron chi connectivity index (χ0n) is 34.7. The van der Waals surface area contributed by atoms with Crippen molar-refractivity contribution < 1.29 is 8.22 Å². The number of nitrogens with zero attached hydrogens (tertiary/aromatic N) is 3. The third-order valence-corrected chi connectivity index (χ3v) is 9.16. The summed E-state index contributed by atoms with van der Waals surface area (Å²) in [5.74, 6) is 0. The van der Waals surface area contributed by atoms with Crippen molar-refractivity contribution in [3.8, 4) is 33.8 Å². The molecular formula is C49H41N3. The topological polar surface area (TPSA) is 38.7 Å². The highest BCUT2D eigenvalue weighted by Gasteiger charge is 2.11. The number of aryl methyl sites for hydroxylation is 6. The van der Waals surface area contributed by atoms with Crippen molar-refractivity contribution in [2.24, 2.45) is 0 Å². The molecule has 0 N–H and O–H groups in total. The van der Waals surface area contributed by atoms with Crippen molar-refractivity contribution in [1.82, 2.24) is 15.0 Å². The zero-order chi connectivity index (χ0) is 40.3. The van der Waals surface area contributed by atoms with Gasteiger partial charge in [-0.3, -0.25) is 15.0 Å². The molecule has 3 aromatic heterocycles. The number of hydrogen-bond donors (Lipinski definition) is 0. The average molecular weight is 678 g/mol. The van der Waals surface area contributed by atoms with Gasteiger partial charge in [-0.05, 0) is 89.3 Å². The summed E-state index contributed by atoms with van der Waals surface area (Å²) >= 11 is 0. The van der Waals surface area contributed by atoms with Crippen molar-refractivity contribution >= 4 is 10.8 Å². The number of fused-ring (bicyclic) bond motifs is 1. The van der Waals surface area contributed by atoms with Gasteiger partial charge in [0.05, 0.1) is 17.1 Å². The summed E-state index contributed by atoms with van der Waals surface area (Å²) in [5.41, 5.74) is 8.02. The molecule has 0 spiro atoms. The largest absolute Gasteiger partial charge is 0.256 e. The van der Waals surface area contributed by atoms with Gasteiger partial charge in [0.1, 0.15) is 0 Å². The second-order valence-corrected chi connectivity index (χ2v) is 12.8. The molecule has 0 aliphatic rings. The maximum absolute atomic E-state index is 9.55. The third-order valence-electron chi connectivity index (χ3n) is 9.16. The highest BCUT2D eigenvalue weighted by atomic mass is 14.7. The molecule has 3 heteroatoms. The van der Waals surface area contributed by atoms with Crippen LogP contribution in [-0.2, 0) is 38.4 Å². The van der Waals surface area contributed by atoms with E-state index in [-0.39, 0.29) is 23.1 Å². The lowest BCUT2D eigenvalue weighted by Gasteiger charge is -2.13. The summed E-state index contributed by atoms with van der Waals surface area (Å²) in [4.78, 5) is 14.0. The quantitative estimate of drug-likeness (QED) is 0.129. The van der Waals surface area contributed by atoms with E-state index in [9.17, 15) is 8.22 Å². The highest BCUT2D eigenvalue weighted by molar-refractivity contribution is 5.96. The predicted octanol–water partition coefficient (Wildman–Crippen LogP) is 11.4. The van der Waals surface area contributed by atoms with Gasteiger partial charge >= 0.3 is 0 Å². The summed E-state index contributed by atoms with van der Waals surface area (Å²) in [6, 6.07) is 49.5. The van der Waals surface area contributed by atoms with Gasteiger partial charge in [-0.2, -0.15) is 0 Å². The molecule has 0 radical (unpaired) electrons. The summed E-state index contributed by atoms with van der Waals surface area (Å²) < 4.78 is 56.8. The van der Waals surface area contributed by atoms with E-state index in [1.165, 1.54) is 12.3 Å². The molecule has 0 amide bonds. The smallest absolute Gasteiger partial charge is 0.0780 e. The van der Waals surface area contributed by atoms with Gasteiger partial charge in [0.2, 0.25) is 0 Å². The van der Waals surface area contributed by atoms with Gasteiger partial charge in [0.15, 0.2) is 0 Å². The first-order valence-corrected chi connectivity index (χ1v) is 17.6. The van der Waals surface area contributed by atoms with E-state index >= 15 is 0 Å². The molecule has 52 heavy (non-hydrogen) atoms. The number of rotatable bonds is 12. The fourth-order valence-corrected chi connectivity index (χ4v) is 6.42. The van der Waals surface area contributed by atoms with E-state index in [1.807, 2.05) is 140 Å². The van der Waals surface area contributed by atoms with Crippen LogP contribution in [0.15, 0.2) is 176 Å². The molecule has 0 bridgehead atoms. The molecule has 0 aliphatic carbocycles. The van der Waals surface area contributed by atoms with Crippen LogP contribution in [0.3, 0.4) is 0 Å². The molecule has 5 aromatic carbocycles. The Kier molecular flexibility index (Phi) is 8.07. The molecule has 8 rings (SSSR count). The van der Waals surface area contributed by atoms with Crippen molar-refractivity contribution in [2.45, 2.75) is 38.4 Å². The first kappa shape index (κ1) is 26.6. The summed E-state index contributed by atoms with van der Waals surface area (Å²) in [6.45, 7) is 0. The van der Waals surface area contributed by atoms with E-state index < -0.39 is 19.1 Å². The second kappa shape index (κ2) is 15.8. The SMILES string of the molecule is [2H]C([2H])(Cc1ccc(-c2ccccc2)nc1)c1cc(CCc2ccc(-c3ccccc3)nc2)cc(C([2H])([2H])C([2H])([2H])c2cnc(-c3ccccc3)c3ccccc23)c1. The van der Waals surface area contributed by atoms with Crippen molar-refractivity contribution in [3.63, 3.8) is 0 Å². The minimum Gasteiger partial charge on any atom is -0.256 e. The Morgan fingerprint density at radius 3 is 1.46 bits per heavy atom. The predicted molar refractivity (Wildman–Crippen MR) is 215 cm³/mol. The van der Waals surface area contributed by atoms with Gasteiger partial charge in [-0.25, -0.2) is 0 Å². The lowest BCUT2D eigenvalue weighted by atomic mass is 9.93. The summed E-state index contributed by atoms with van der Waals surface area (Å²) in [6.07, 6.45) is -1.08. The van der Waals surface area contributed by atoms with E-state index in [0.29, 0.717) is 35.0 Å². The maximum atomic E-state index is 9.55. The number of pyridine rings is 3. The number of aromatic nitrogens is 3. The van der Waals surface area contributed by atoms with Crippen LogP contribution in [-0.4, -0.2) is 15.0 Å². The van der Waals surface area contributed by atoms with Crippen LogP contribution >= 0.6 is 0 Å². The monoisotopic (exact) mass is 677 g/mol. The Labute approximate surface area is 315 Å². The van der Waals surface area contributed by atoms with Crippen LogP contribution in [0.25, 0.3) is 44.5 Å². The van der Waals surface area contributed by atoms with Crippen molar-refractivity contribution in [2.75, 3.05) is 0 Å². The van der Waals surface area contributed by atoms with Gasteiger partial charge in [0, 0.05) is 48.9 Å². The fraction of sp³-hybridized carbons (Fsp3) is 0.122. The minimum atomic E-state index is -2.59. The van der Waals surface area contributed by atoms with E-state index in [2.05, 4.69) is 9.97 Å². The standard InChI is InChI=1S/C49H41N3/c1-4-12-41(13-5-1)47-28-25-36(33-50-47)20-22-38-30-39(23-21-37-26-29-48(51-34-37)42-14-6-2-7-15-42)32-40(31-38)24-27-44-35-52-49(43-16-8-3-9-17-43)46-19-11-10-18-45(44)46/h1-19,25-26,28-35H,20-24,27H2/i22D2,24D2,27D2. The van der Waals surface area contributed by atoms with E-state index in [0.717, 1.165) is 39.0 Å². The second-order valence-electron chi connectivity index (χ2n) is 12.8. The van der Waals surface area contributed by atoms with Gasteiger partial charge < -0.3 is 0 Å². The molecule has 0 atom stereocenters. The lowest BCUT2D eigenvalue weighted by Crippen LogP contribution is -2.01. The number of hydrogen-bond acceptors (Lipinski definition) is 3. The maximum Gasteiger partial charge on any atom is 0.0780 e. The minimum absolute atomic E-state index is 0.00572. The Bertz CT molecular complexity index is 2650. The first-order valence-electron chi connectivity index (χ1n) is 20.6. The Morgan fingerprint density at radius 2 is 0.865 bits per heavy atom. The molecule has 0 aliphatic heterocycles. The van der Waals surface area contributed by atoms with Crippen LogP contribution in [0.4, 0.5) is 0 Å². The highest BCUT2D eigenvalue weighted by Crippen LogP contribution is 2.30. The number of benzene rings is 5.